The van der Waals surface area contributed by atoms with Crippen molar-refractivity contribution in [2.45, 2.75) is 26.3 Å². The molecular formula is C23H24N6O. The number of benzene rings is 1. The summed E-state index contributed by atoms with van der Waals surface area (Å²) in [6.45, 7) is 4.74. The van der Waals surface area contributed by atoms with E-state index >= 15 is 0 Å². The van der Waals surface area contributed by atoms with E-state index < -0.39 is 0 Å². The van der Waals surface area contributed by atoms with Crippen molar-refractivity contribution in [1.82, 2.24) is 24.7 Å². The van der Waals surface area contributed by atoms with Gasteiger partial charge in [0, 0.05) is 42.6 Å². The van der Waals surface area contributed by atoms with E-state index in [-0.39, 0.29) is 0 Å². The molecular weight excluding hydrogens is 376 g/mol. The minimum Gasteiger partial charge on any atom is -0.497 e. The quantitative estimate of drug-likeness (QED) is 0.507. The zero-order chi connectivity index (χ0) is 20.5. The Labute approximate surface area is 175 Å². The Hall–Kier alpha value is -3.48. The summed E-state index contributed by atoms with van der Waals surface area (Å²) in [5.74, 6) is 1.79. The molecule has 1 aliphatic rings. The summed E-state index contributed by atoms with van der Waals surface area (Å²) in [6.07, 6.45) is 7.80. The van der Waals surface area contributed by atoms with Crippen LogP contribution >= 0.6 is 0 Å². The zero-order valence-corrected chi connectivity index (χ0v) is 17.2. The predicted molar refractivity (Wildman–Crippen MR) is 117 cm³/mol. The van der Waals surface area contributed by atoms with Crippen molar-refractivity contribution in [2.24, 2.45) is 0 Å². The fraction of sp³-hybridized carbons (Fsp3) is 0.304. The molecule has 1 saturated heterocycles. The van der Waals surface area contributed by atoms with Gasteiger partial charge in [0.2, 0.25) is 0 Å². The zero-order valence-electron chi connectivity index (χ0n) is 17.2. The van der Waals surface area contributed by atoms with Crippen LogP contribution in [0.4, 0.5) is 5.82 Å². The highest BCUT2D eigenvalue weighted by Crippen LogP contribution is 2.31. The second-order valence-corrected chi connectivity index (χ2v) is 7.61. The first kappa shape index (κ1) is 18.5. The Morgan fingerprint density at radius 2 is 1.77 bits per heavy atom. The second kappa shape index (κ2) is 7.74. The van der Waals surface area contributed by atoms with Crippen LogP contribution in [0.2, 0.25) is 0 Å². The number of aryl methyl sites for hydroxylation is 1. The van der Waals surface area contributed by atoms with E-state index in [1.807, 2.05) is 29.9 Å². The van der Waals surface area contributed by atoms with Crippen molar-refractivity contribution in [1.29, 1.82) is 0 Å². The Kier molecular flexibility index (Phi) is 4.78. The monoisotopic (exact) mass is 400 g/mol. The first-order chi connectivity index (χ1) is 14.7. The van der Waals surface area contributed by atoms with Crippen molar-refractivity contribution in [3.8, 4) is 17.0 Å². The second-order valence-electron chi connectivity index (χ2n) is 7.61. The van der Waals surface area contributed by atoms with Crippen LogP contribution in [0.25, 0.3) is 22.3 Å². The number of anilines is 1. The molecule has 0 amide bonds. The number of fused-ring (bicyclic) bond motifs is 1. The van der Waals surface area contributed by atoms with E-state index in [0.29, 0.717) is 6.54 Å². The average molecular weight is 400 g/mol. The first-order valence-electron chi connectivity index (χ1n) is 10.3. The summed E-state index contributed by atoms with van der Waals surface area (Å²) in [4.78, 5) is 16.3. The molecule has 3 aromatic heterocycles. The molecule has 0 spiro atoms. The third-order valence-electron chi connectivity index (χ3n) is 5.62. The van der Waals surface area contributed by atoms with Gasteiger partial charge in [0.15, 0.2) is 11.5 Å². The summed E-state index contributed by atoms with van der Waals surface area (Å²) in [6, 6.07) is 10.2. The summed E-state index contributed by atoms with van der Waals surface area (Å²) in [5, 5.41) is 5.78. The Balaban J connectivity index is 1.51. The number of ether oxygens (including phenoxy) is 1. The maximum Gasteiger partial charge on any atom is 0.158 e. The number of hydrogen-bond acceptors (Lipinski definition) is 6. The van der Waals surface area contributed by atoms with Crippen LogP contribution in [0, 0.1) is 6.92 Å². The van der Waals surface area contributed by atoms with Crippen LogP contribution in [0.5, 0.6) is 5.75 Å². The van der Waals surface area contributed by atoms with Crippen LogP contribution in [0.15, 0.2) is 48.9 Å². The summed E-state index contributed by atoms with van der Waals surface area (Å²) in [5.41, 5.74) is 4.84. The molecule has 0 unspecified atom stereocenters. The molecule has 30 heavy (non-hydrogen) atoms. The summed E-state index contributed by atoms with van der Waals surface area (Å²) >= 11 is 0. The number of methoxy groups -OCH3 is 1. The minimum absolute atomic E-state index is 0.658. The first-order valence-corrected chi connectivity index (χ1v) is 10.3. The van der Waals surface area contributed by atoms with Gasteiger partial charge in [-0.15, -0.1) is 0 Å². The van der Waals surface area contributed by atoms with Gasteiger partial charge < -0.3 is 9.64 Å². The average Bonchev–Trinajstić information content (AvgIpc) is 3.43. The number of aromatic nitrogens is 5. The predicted octanol–water partition coefficient (Wildman–Crippen LogP) is 3.85. The number of nitrogens with zero attached hydrogens (tertiary/aromatic N) is 6. The lowest BCUT2D eigenvalue weighted by molar-refractivity contribution is 0.414. The SMILES string of the molecule is COc1ccc(Cn2nc(C)c3cc(-c4nccnc4N4CCCC4)cnc32)cc1. The number of hydrogen-bond donors (Lipinski definition) is 0. The van der Waals surface area contributed by atoms with E-state index in [1.54, 1.807) is 19.5 Å². The van der Waals surface area contributed by atoms with Crippen molar-refractivity contribution < 1.29 is 4.74 Å². The summed E-state index contributed by atoms with van der Waals surface area (Å²) in [7, 11) is 1.67. The lowest BCUT2D eigenvalue weighted by Gasteiger charge is -2.18. The van der Waals surface area contributed by atoms with Crippen LogP contribution < -0.4 is 9.64 Å². The van der Waals surface area contributed by atoms with Gasteiger partial charge in [0.1, 0.15) is 11.4 Å². The molecule has 0 N–H and O–H groups in total. The van der Waals surface area contributed by atoms with Crippen LogP contribution in [-0.2, 0) is 6.54 Å². The molecule has 0 radical (unpaired) electrons. The fourth-order valence-corrected chi connectivity index (χ4v) is 4.05. The Morgan fingerprint density at radius 3 is 2.53 bits per heavy atom. The maximum absolute atomic E-state index is 5.25. The van der Waals surface area contributed by atoms with E-state index in [9.17, 15) is 0 Å². The largest absolute Gasteiger partial charge is 0.497 e. The normalized spacial score (nSPS) is 13.9. The van der Waals surface area contributed by atoms with Gasteiger partial charge in [-0.3, -0.25) is 4.98 Å². The van der Waals surface area contributed by atoms with Crippen molar-refractivity contribution in [3.63, 3.8) is 0 Å². The van der Waals surface area contributed by atoms with Crippen molar-refractivity contribution >= 4 is 16.9 Å². The summed E-state index contributed by atoms with van der Waals surface area (Å²) < 4.78 is 7.20. The molecule has 0 atom stereocenters. The molecule has 1 fully saturated rings. The molecule has 152 valence electrons. The molecule has 7 heteroatoms. The topological polar surface area (TPSA) is 69.0 Å². The molecule has 4 aromatic rings. The third-order valence-corrected chi connectivity index (χ3v) is 5.62. The standard InChI is InChI=1S/C23H24N6O/c1-16-20-13-18(21-23(25-10-9-24-21)28-11-3-4-12-28)14-26-22(20)29(27-16)15-17-5-7-19(30-2)8-6-17/h5-10,13-14H,3-4,11-12,15H2,1-2H3. The van der Waals surface area contributed by atoms with Gasteiger partial charge in [0.05, 0.1) is 19.3 Å². The number of rotatable bonds is 5. The molecule has 7 nitrogen and oxygen atoms in total. The molecule has 0 aliphatic carbocycles. The van der Waals surface area contributed by atoms with Gasteiger partial charge in [-0.2, -0.15) is 5.10 Å². The van der Waals surface area contributed by atoms with Gasteiger partial charge in [-0.25, -0.2) is 14.6 Å². The van der Waals surface area contributed by atoms with Crippen LogP contribution in [0.1, 0.15) is 24.1 Å². The highest BCUT2D eigenvalue weighted by molar-refractivity contribution is 5.85. The van der Waals surface area contributed by atoms with Crippen molar-refractivity contribution in [3.05, 3.63) is 60.2 Å². The minimum atomic E-state index is 0.658. The van der Waals surface area contributed by atoms with E-state index in [1.165, 1.54) is 12.8 Å². The van der Waals surface area contributed by atoms with Gasteiger partial charge in [-0.1, -0.05) is 12.1 Å². The van der Waals surface area contributed by atoms with Crippen LogP contribution in [0.3, 0.4) is 0 Å². The van der Waals surface area contributed by atoms with Gasteiger partial charge >= 0.3 is 0 Å². The highest BCUT2D eigenvalue weighted by atomic mass is 16.5. The third kappa shape index (κ3) is 3.36. The smallest absolute Gasteiger partial charge is 0.158 e. The van der Waals surface area contributed by atoms with E-state index in [0.717, 1.165) is 58.2 Å². The molecule has 0 saturated carbocycles. The van der Waals surface area contributed by atoms with Gasteiger partial charge in [-0.05, 0) is 43.5 Å². The van der Waals surface area contributed by atoms with E-state index in [2.05, 4.69) is 33.1 Å². The molecule has 4 heterocycles. The highest BCUT2D eigenvalue weighted by Gasteiger charge is 2.20. The number of pyridine rings is 1. The molecule has 0 bridgehead atoms. The fourth-order valence-electron chi connectivity index (χ4n) is 4.05. The van der Waals surface area contributed by atoms with Gasteiger partial charge in [0.25, 0.3) is 0 Å². The molecule has 1 aliphatic heterocycles. The lowest BCUT2D eigenvalue weighted by atomic mass is 10.1. The Bertz CT molecular complexity index is 1180. The molecule has 5 rings (SSSR count). The Morgan fingerprint density at radius 1 is 1.00 bits per heavy atom. The molecule has 1 aromatic carbocycles. The maximum atomic E-state index is 5.25. The van der Waals surface area contributed by atoms with E-state index in [4.69, 9.17) is 14.8 Å². The van der Waals surface area contributed by atoms with Crippen LogP contribution in [-0.4, -0.2) is 44.9 Å². The van der Waals surface area contributed by atoms with Crippen molar-refractivity contribution in [2.75, 3.05) is 25.1 Å². The lowest BCUT2D eigenvalue weighted by Crippen LogP contribution is -2.20.